The number of aliphatic hydroxyl groups is 1. The van der Waals surface area contributed by atoms with Gasteiger partial charge in [-0.25, -0.2) is 4.99 Å². The Morgan fingerprint density at radius 3 is 2.80 bits per heavy atom. The molecule has 4 heteroatoms. The number of allylic oxidation sites excluding steroid dienone is 1. The van der Waals surface area contributed by atoms with Crippen LogP contribution in [0.4, 0.5) is 0 Å². The number of aliphatic hydroxyl groups excluding tert-OH is 1. The predicted molar refractivity (Wildman–Crippen MR) is 80.3 cm³/mol. The fraction of sp³-hybridized carbons (Fsp3) is 0.438. The Labute approximate surface area is 119 Å². The van der Waals surface area contributed by atoms with Crippen LogP contribution in [0.5, 0.6) is 0 Å². The number of hydrogen-bond donors (Lipinski definition) is 2. The summed E-state index contributed by atoms with van der Waals surface area (Å²) in [5.41, 5.74) is 9.40. The van der Waals surface area contributed by atoms with Crippen LogP contribution in [-0.2, 0) is 6.42 Å². The molecule has 1 atom stereocenters. The van der Waals surface area contributed by atoms with E-state index in [9.17, 15) is 5.11 Å². The van der Waals surface area contributed by atoms with Gasteiger partial charge in [-0.15, -0.1) is 0 Å². The minimum Gasteiger partial charge on any atom is -0.510 e. The molecule has 0 amide bonds. The van der Waals surface area contributed by atoms with Crippen LogP contribution in [0, 0.1) is 5.41 Å². The Morgan fingerprint density at radius 1 is 1.40 bits per heavy atom. The number of nitrogens with two attached hydrogens (primary N) is 1. The number of fused-ring (bicyclic) bond motifs is 1. The van der Waals surface area contributed by atoms with Crippen molar-refractivity contribution in [3.05, 3.63) is 46.8 Å². The molecule has 2 aliphatic rings. The second kappa shape index (κ2) is 4.27. The van der Waals surface area contributed by atoms with Crippen molar-refractivity contribution in [3.63, 3.8) is 0 Å². The quantitative estimate of drug-likeness (QED) is 0.772. The maximum Gasteiger partial charge on any atom is 0.147 e. The van der Waals surface area contributed by atoms with Gasteiger partial charge in [0, 0.05) is 0 Å². The summed E-state index contributed by atoms with van der Waals surface area (Å²) in [5.74, 6) is 0.675. The average Bonchev–Trinajstić information content (AvgIpc) is 2.84. The van der Waals surface area contributed by atoms with Gasteiger partial charge >= 0.3 is 0 Å². The van der Waals surface area contributed by atoms with Crippen molar-refractivity contribution in [2.75, 3.05) is 6.67 Å². The van der Waals surface area contributed by atoms with Crippen molar-refractivity contribution in [2.24, 2.45) is 16.1 Å². The molecule has 0 aromatic heterocycles. The summed E-state index contributed by atoms with van der Waals surface area (Å²) in [7, 11) is 0. The summed E-state index contributed by atoms with van der Waals surface area (Å²) in [6.07, 6.45) is 1.03. The van der Waals surface area contributed by atoms with E-state index < -0.39 is 0 Å². The monoisotopic (exact) mass is 271 g/mol. The first-order chi connectivity index (χ1) is 9.42. The minimum atomic E-state index is 0.0878. The van der Waals surface area contributed by atoms with Crippen LogP contribution in [-0.4, -0.2) is 22.5 Å². The largest absolute Gasteiger partial charge is 0.510 e. The first-order valence-corrected chi connectivity index (χ1v) is 6.96. The van der Waals surface area contributed by atoms with Crippen LogP contribution in [0.15, 0.2) is 40.7 Å². The van der Waals surface area contributed by atoms with E-state index in [2.05, 4.69) is 48.0 Å². The number of hydrogen-bond acceptors (Lipinski definition) is 4. The molecule has 1 unspecified atom stereocenters. The normalized spacial score (nSPS) is 26.4. The first-order valence-electron chi connectivity index (χ1n) is 6.96. The molecular weight excluding hydrogens is 250 g/mol. The van der Waals surface area contributed by atoms with Crippen LogP contribution >= 0.6 is 0 Å². The SMILES string of the molecule is CC(O)=C1C(N)=NCN1C1c2ccccc2CC1(C)C. The Morgan fingerprint density at radius 2 is 2.10 bits per heavy atom. The fourth-order valence-electron chi connectivity index (χ4n) is 3.61. The number of benzene rings is 1. The second-order valence-electron chi connectivity index (χ2n) is 6.36. The molecule has 0 fully saturated rings. The summed E-state index contributed by atoms with van der Waals surface area (Å²) >= 11 is 0. The number of nitrogens with zero attached hydrogens (tertiary/aromatic N) is 2. The van der Waals surface area contributed by atoms with E-state index in [1.807, 2.05) is 0 Å². The van der Waals surface area contributed by atoms with Crippen LogP contribution in [0.2, 0.25) is 0 Å². The molecule has 1 aliphatic heterocycles. The molecule has 20 heavy (non-hydrogen) atoms. The molecule has 4 nitrogen and oxygen atoms in total. The Bertz CT molecular complexity index is 612. The molecule has 1 heterocycles. The lowest BCUT2D eigenvalue weighted by Gasteiger charge is -2.37. The standard InChI is InChI=1S/C16H21N3O/c1-10(20)13-15(17)18-9-19(13)14-12-7-5-4-6-11(12)8-16(14,2)3/h4-7,14,20H,8-9H2,1-3H3,(H2,17,18). The third kappa shape index (κ3) is 1.79. The summed E-state index contributed by atoms with van der Waals surface area (Å²) in [5, 5.41) is 9.95. The number of rotatable bonds is 1. The van der Waals surface area contributed by atoms with E-state index in [-0.39, 0.29) is 17.2 Å². The maximum atomic E-state index is 9.95. The lowest BCUT2D eigenvalue weighted by atomic mass is 9.84. The van der Waals surface area contributed by atoms with E-state index in [4.69, 9.17) is 5.73 Å². The highest BCUT2D eigenvalue weighted by molar-refractivity contribution is 5.98. The van der Waals surface area contributed by atoms with Crippen LogP contribution in [0.3, 0.4) is 0 Å². The highest BCUT2D eigenvalue weighted by Gasteiger charge is 2.44. The molecule has 0 radical (unpaired) electrons. The van der Waals surface area contributed by atoms with Crippen molar-refractivity contribution in [1.82, 2.24) is 4.90 Å². The van der Waals surface area contributed by atoms with Gasteiger partial charge in [0.1, 0.15) is 24.0 Å². The third-order valence-electron chi connectivity index (χ3n) is 4.31. The van der Waals surface area contributed by atoms with E-state index in [0.29, 0.717) is 18.2 Å². The van der Waals surface area contributed by atoms with Crippen molar-refractivity contribution < 1.29 is 5.11 Å². The van der Waals surface area contributed by atoms with Gasteiger partial charge in [0.2, 0.25) is 0 Å². The zero-order valence-corrected chi connectivity index (χ0v) is 12.2. The minimum absolute atomic E-state index is 0.0878. The average molecular weight is 271 g/mol. The summed E-state index contributed by atoms with van der Waals surface area (Å²) in [6, 6.07) is 8.71. The van der Waals surface area contributed by atoms with Gasteiger partial charge in [-0.3, -0.25) is 0 Å². The van der Waals surface area contributed by atoms with Gasteiger partial charge in [0.25, 0.3) is 0 Å². The van der Waals surface area contributed by atoms with Gasteiger partial charge in [0.15, 0.2) is 0 Å². The lowest BCUT2D eigenvalue weighted by molar-refractivity contribution is 0.147. The third-order valence-corrected chi connectivity index (χ3v) is 4.31. The van der Waals surface area contributed by atoms with Gasteiger partial charge in [-0.05, 0) is 29.9 Å². The van der Waals surface area contributed by atoms with Crippen molar-refractivity contribution in [3.8, 4) is 0 Å². The van der Waals surface area contributed by atoms with Crippen LogP contribution < -0.4 is 5.73 Å². The van der Waals surface area contributed by atoms with Gasteiger partial charge < -0.3 is 15.7 Å². The van der Waals surface area contributed by atoms with Crippen molar-refractivity contribution in [2.45, 2.75) is 33.2 Å². The molecule has 0 saturated heterocycles. The number of aliphatic imine (C=N–C) groups is 1. The molecule has 1 aromatic rings. The Kier molecular flexibility index (Phi) is 2.78. The lowest BCUT2D eigenvalue weighted by Crippen LogP contribution is -2.36. The predicted octanol–water partition coefficient (Wildman–Crippen LogP) is 2.73. The topological polar surface area (TPSA) is 61.9 Å². The van der Waals surface area contributed by atoms with E-state index in [1.54, 1.807) is 6.92 Å². The van der Waals surface area contributed by atoms with Crippen LogP contribution in [0.25, 0.3) is 0 Å². The molecule has 1 aliphatic carbocycles. The summed E-state index contributed by atoms with van der Waals surface area (Å²) in [4.78, 5) is 6.44. The molecule has 1 aromatic carbocycles. The number of amidine groups is 1. The van der Waals surface area contributed by atoms with Gasteiger partial charge in [0.05, 0.1) is 6.04 Å². The second-order valence-corrected chi connectivity index (χ2v) is 6.36. The van der Waals surface area contributed by atoms with Crippen molar-refractivity contribution >= 4 is 5.84 Å². The molecule has 0 bridgehead atoms. The van der Waals surface area contributed by atoms with E-state index >= 15 is 0 Å². The molecular formula is C16H21N3O. The zero-order chi connectivity index (χ0) is 14.5. The molecule has 106 valence electrons. The Hall–Kier alpha value is -1.97. The first kappa shape index (κ1) is 13.0. The van der Waals surface area contributed by atoms with E-state index in [1.165, 1.54) is 11.1 Å². The van der Waals surface area contributed by atoms with Crippen LogP contribution in [0.1, 0.15) is 37.9 Å². The fourth-order valence-corrected chi connectivity index (χ4v) is 3.61. The smallest absolute Gasteiger partial charge is 0.147 e. The zero-order valence-electron chi connectivity index (χ0n) is 12.2. The van der Waals surface area contributed by atoms with Crippen molar-refractivity contribution in [1.29, 1.82) is 0 Å². The summed E-state index contributed by atoms with van der Waals surface area (Å²) in [6.45, 7) is 6.71. The maximum absolute atomic E-state index is 9.95. The van der Waals surface area contributed by atoms with Gasteiger partial charge in [-0.1, -0.05) is 38.1 Å². The highest BCUT2D eigenvalue weighted by atomic mass is 16.3. The van der Waals surface area contributed by atoms with E-state index in [0.717, 1.165) is 6.42 Å². The van der Waals surface area contributed by atoms with Gasteiger partial charge in [-0.2, -0.15) is 0 Å². The highest BCUT2D eigenvalue weighted by Crippen LogP contribution is 2.50. The Balaban J connectivity index is 2.08. The molecule has 0 spiro atoms. The molecule has 0 saturated carbocycles. The molecule has 3 N–H and O–H groups in total. The summed E-state index contributed by atoms with van der Waals surface area (Å²) < 4.78 is 0. The molecule has 3 rings (SSSR count).